The summed E-state index contributed by atoms with van der Waals surface area (Å²) in [6.07, 6.45) is 1.62. The highest BCUT2D eigenvalue weighted by atomic mass is 79.9. The van der Waals surface area contributed by atoms with Crippen LogP contribution in [0.25, 0.3) is 0 Å². The lowest BCUT2D eigenvalue weighted by atomic mass is 10.1. The monoisotopic (exact) mass is 312 g/mol. The third kappa shape index (κ3) is 2.95. The number of carbonyl (C=O) groups excluding carboxylic acids is 1. The number of likely N-dealkylation sites (N-methyl/N-ethyl adjacent to an activating group) is 1. The molecule has 5 nitrogen and oxygen atoms in total. The van der Waals surface area contributed by atoms with Crippen molar-refractivity contribution in [1.82, 2.24) is 4.90 Å². The first-order valence-corrected chi connectivity index (χ1v) is 6.15. The van der Waals surface area contributed by atoms with Crippen molar-refractivity contribution in [2.24, 2.45) is 0 Å². The molecule has 0 spiro atoms. The Bertz CT molecular complexity index is 488. The molecule has 0 bridgehead atoms. The summed E-state index contributed by atoms with van der Waals surface area (Å²) in [6, 6.07) is 4.41. The van der Waals surface area contributed by atoms with Gasteiger partial charge >= 0.3 is 0 Å². The maximum absolute atomic E-state index is 12.2. The number of rotatable bonds is 5. The van der Waals surface area contributed by atoms with E-state index in [-0.39, 0.29) is 21.6 Å². The number of hydrogen-bond acceptors (Lipinski definition) is 3. The van der Waals surface area contributed by atoms with Gasteiger partial charge in [0.15, 0.2) is 0 Å². The number of benzene rings is 1. The van der Waals surface area contributed by atoms with Crippen LogP contribution in [0.3, 0.4) is 0 Å². The molecule has 0 aromatic heterocycles. The van der Waals surface area contributed by atoms with Crippen LogP contribution in [0.2, 0.25) is 0 Å². The van der Waals surface area contributed by atoms with Crippen LogP contribution in [0.4, 0.5) is 5.69 Å². The molecule has 0 saturated heterocycles. The Morgan fingerprint density at radius 3 is 2.78 bits per heavy atom. The third-order valence-electron chi connectivity index (χ3n) is 2.42. The van der Waals surface area contributed by atoms with E-state index in [1.54, 1.807) is 17.0 Å². The quantitative estimate of drug-likeness (QED) is 0.477. The van der Waals surface area contributed by atoms with Gasteiger partial charge in [-0.3, -0.25) is 14.9 Å². The molecule has 18 heavy (non-hydrogen) atoms. The fourth-order valence-electron chi connectivity index (χ4n) is 1.51. The van der Waals surface area contributed by atoms with Crippen LogP contribution >= 0.6 is 15.9 Å². The summed E-state index contributed by atoms with van der Waals surface area (Å²) in [7, 11) is 0. The molecule has 1 rings (SSSR count). The van der Waals surface area contributed by atoms with Gasteiger partial charge in [0, 0.05) is 19.2 Å². The van der Waals surface area contributed by atoms with E-state index in [4.69, 9.17) is 0 Å². The highest BCUT2D eigenvalue weighted by Gasteiger charge is 2.22. The predicted octanol–water partition coefficient (Wildman–Crippen LogP) is 3.01. The molecule has 1 amide bonds. The Hall–Kier alpha value is -1.69. The molecule has 0 aliphatic heterocycles. The van der Waals surface area contributed by atoms with Crippen LogP contribution in [-0.4, -0.2) is 28.8 Å². The minimum Gasteiger partial charge on any atom is -0.335 e. The molecule has 1 aromatic carbocycles. The van der Waals surface area contributed by atoms with E-state index >= 15 is 0 Å². The number of halogens is 1. The average Bonchev–Trinajstić information content (AvgIpc) is 2.35. The smallest absolute Gasteiger partial charge is 0.284 e. The first-order chi connectivity index (χ1) is 8.52. The lowest BCUT2D eigenvalue weighted by Gasteiger charge is -2.19. The van der Waals surface area contributed by atoms with Crippen LogP contribution in [0, 0.1) is 10.1 Å². The lowest BCUT2D eigenvalue weighted by Crippen LogP contribution is -2.31. The van der Waals surface area contributed by atoms with E-state index < -0.39 is 4.92 Å². The van der Waals surface area contributed by atoms with Crippen molar-refractivity contribution in [2.45, 2.75) is 6.92 Å². The minimum atomic E-state index is -0.523. The molecule has 0 atom stereocenters. The number of amides is 1. The van der Waals surface area contributed by atoms with Crippen LogP contribution < -0.4 is 0 Å². The van der Waals surface area contributed by atoms with E-state index in [2.05, 4.69) is 22.5 Å². The number of hydrogen-bond donors (Lipinski definition) is 0. The Morgan fingerprint density at radius 1 is 1.61 bits per heavy atom. The molecule has 1 aromatic rings. The van der Waals surface area contributed by atoms with E-state index in [0.717, 1.165) is 0 Å². The number of carbonyl (C=O) groups is 1. The van der Waals surface area contributed by atoms with Gasteiger partial charge in [-0.05, 0) is 28.9 Å². The summed E-state index contributed by atoms with van der Waals surface area (Å²) in [4.78, 5) is 24.0. The molecule has 96 valence electrons. The Kier molecular flexibility index (Phi) is 5.03. The molecule has 0 aliphatic carbocycles. The Morgan fingerprint density at radius 2 is 2.28 bits per heavy atom. The SMILES string of the molecule is C=CCN(CC)C(=O)c1cccc([N+](=O)[O-])c1Br. The molecular weight excluding hydrogens is 300 g/mol. The second kappa shape index (κ2) is 6.30. The van der Waals surface area contributed by atoms with Crippen molar-refractivity contribution in [1.29, 1.82) is 0 Å². The van der Waals surface area contributed by atoms with Gasteiger partial charge in [-0.2, -0.15) is 0 Å². The Labute approximate surface area is 113 Å². The lowest BCUT2D eigenvalue weighted by molar-refractivity contribution is -0.385. The summed E-state index contributed by atoms with van der Waals surface area (Å²) >= 11 is 3.12. The second-order valence-corrected chi connectivity index (χ2v) is 4.32. The molecule has 0 heterocycles. The molecular formula is C12H13BrN2O3. The first-order valence-electron chi connectivity index (χ1n) is 5.36. The van der Waals surface area contributed by atoms with Gasteiger partial charge in [0.2, 0.25) is 0 Å². The molecule has 0 fully saturated rings. The number of nitrogens with zero attached hydrogens (tertiary/aromatic N) is 2. The van der Waals surface area contributed by atoms with Crippen molar-refractivity contribution >= 4 is 27.5 Å². The minimum absolute atomic E-state index is 0.115. The van der Waals surface area contributed by atoms with Crippen molar-refractivity contribution < 1.29 is 9.72 Å². The number of nitro benzene ring substituents is 1. The zero-order chi connectivity index (χ0) is 13.7. The molecule has 0 aliphatic rings. The third-order valence-corrected chi connectivity index (χ3v) is 3.26. The van der Waals surface area contributed by atoms with Crippen molar-refractivity contribution in [3.8, 4) is 0 Å². The summed E-state index contributed by atoms with van der Waals surface area (Å²) in [5.41, 5.74) is 0.170. The fourth-order valence-corrected chi connectivity index (χ4v) is 2.09. The van der Waals surface area contributed by atoms with Crippen LogP contribution in [0.5, 0.6) is 0 Å². The van der Waals surface area contributed by atoms with Crippen LogP contribution in [0.1, 0.15) is 17.3 Å². The predicted molar refractivity (Wildman–Crippen MR) is 72.6 cm³/mol. The van der Waals surface area contributed by atoms with Gasteiger partial charge in [-0.15, -0.1) is 6.58 Å². The van der Waals surface area contributed by atoms with Gasteiger partial charge in [0.25, 0.3) is 11.6 Å². The average molecular weight is 313 g/mol. The molecule has 0 saturated carbocycles. The second-order valence-electron chi connectivity index (χ2n) is 3.53. The van der Waals surface area contributed by atoms with Crippen molar-refractivity contribution in [2.75, 3.05) is 13.1 Å². The summed E-state index contributed by atoms with van der Waals surface area (Å²) in [5.74, 6) is -0.257. The van der Waals surface area contributed by atoms with E-state index in [1.807, 2.05) is 6.92 Å². The summed E-state index contributed by atoms with van der Waals surface area (Å²) in [6.45, 7) is 6.34. The topological polar surface area (TPSA) is 63.5 Å². The highest BCUT2D eigenvalue weighted by Crippen LogP contribution is 2.29. The molecule has 0 N–H and O–H groups in total. The standard InChI is InChI=1S/C12H13BrN2O3/c1-3-8-14(4-2)12(16)9-6-5-7-10(11(9)13)15(17)18/h3,5-7H,1,4,8H2,2H3. The fraction of sp³-hybridized carbons (Fsp3) is 0.250. The molecule has 0 radical (unpaired) electrons. The largest absolute Gasteiger partial charge is 0.335 e. The van der Waals surface area contributed by atoms with E-state index in [1.165, 1.54) is 12.1 Å². The summed E-state index contributed by atoms with van der Waals surface area (Å²) in [5, 5.41) is 10.8. The van der Waals surface area contributed by atoms with Crippen molar-refractivity contribution in [3.05, 3.63) is 51.0 Å². The molecule has 6 heteroatoms. The maximum Gasteiger partial charge on any atom is 0.284 e. The van der Waals surface area contributed by atoms with E-state index in [9.17, 15) is 14.9 Å². The van der Waals surface area contributed by atoms with Crippen molar-refractivity contribution in [3.63, 3.8) is 0 Å². The number of nitro groups is 1. The van der Waals surface area contributed by atoms with Gasteiger partial charge < -0.3 is 4.90 Å². The van der Waals surface area contributed by atoms with E-state index in [0.29, 0.717) is 13.1 Å². The Balaban J connectivity index is 3.17. The van der Waals surface area contributed by atoms with Gasteiger partial charge in [-0.1, -0.05) is 12.1 Å². The molecule has 0 unspecified atom stereocenters. The highest BCUT2D eigenvalue weighted by molar-refractivity contribution is 9.10. The maximum atomic E-state index is 12.2. The zero-order valence-electron chi connectivity index (χ0n) is 9.93. The van der Waals surface area contributed by atoms with Gasteiger partial charge in [0.05, 0.1) is 10.5 Å². The first kappa shape index (κ1) is 14.4. The van der Waals surface area contributed by atoms with Gasteiger partial charge in [-0.25, -0.2) is 0 Å². The zero-order valence-corrected chi connectivity index (χ0v) is 11.5. The van der Waals surface area contributed by atoms with Gasteiger partial charge in [0.1, 0.15) is 4.47 Å². The van der Waals surface area contributed by atoms with Crippen LogP contribution in [0.15, 0.2) is 35.3 Å². The van der Waals surface area contributed by atoms with Crippen LogP contribution in [-0.2, 0) is 0 Å². The summed E-state index contributed by atoms with van der Waals surface area (Å²) < 4.78 is 0.211. The normalized spacial score (nSPS) is 9.89.